The van der Waals surface area contributed by atoms with Crippen LogP contribution >= 0.6 is 23.2 Å². The Morgan fingerprint density at radius 1 is 1.25 bits per heavy atom. The predicted molar refractivity (Wildman–Crippen MR) is 91.4 cm³/mol. The van der Waals surface area contributed by atoms with Gasteiger partial charge in [-0.3, -0.25) is 4.90 Å². The molecule has 0 aromatic carbocycles. The SMILES string of the molecule is C/C=C\C(=C(\Cl)C(C)Cl)N1CCN(CCN)CC1.CC. The topological polar surface area (TPSA) is 32.5 Å². The van der Waals surface area contributed by atoms with E-state index in [1.165, 1.54) is 0 Å². The van der Waals surface area contributed by atoms with Gasteiger partial charge < -0.3 is 10.6 Å². The molecule has 1 aliphatic rings. The van der Waals surface area contributed by atoms with Crippen LogP contribution in [0.25, 0.3) is 0 Å². The molecule has 0 spiro atoms. The first kappa shape index (κ1) is 19.8. The number of rotatable bonds is 5. The fourth-order valence-corrected chi connectivity index (χ4v) is 2.39. The third-order valence-electron chi connectivity index (χ3n) is 3.08. The molecular formula is C15H29Cl2N3. The first-order chi connectivity index (χ1) is 9.60. The van der Waals surface area contributed by atoms with E-state index in [9.17, 15) is 0 Å². The van der Waals surface area contributed by atoms with Crippen molar-refractivity contribution in [1.29, 1.82) is 0 Å². The van der Waals surface area contributed by atoms with Gasteiger partial charge in [0, 0.05) is 39.3 Å². The third kappa shape index (κ3) is 6.49. The number of nitrogens with zero attached hydrogens (tertiary/aromatic N) is 2. The Bertz CT molecular complexity index is 306. The van der Waals surface area contributed by atoms with E-state index in [4.69, 9.17) is 28.9 Å². The van der Waals surface area contributed by atoms with Crippen LogP contribution in [0.2, 0.25) is 0 Å². The zero-order chi connectivity index (χ0) is 15.5. The van der Waals surface area contributed by atoms with E-state index in [0.717, 1.165) is 50.0 Å². The first-order valence-corrected chi connectivity index (χ1v) is 8.25. The summed E-state index contributed by atoms with van der Waals surface area (Å²) in [6.45, 7) is 13.6. The van der Waals surface area contributed by atoms with Crippen molar-refractivity contribution in [2.24, 2.45) is 5.73 Å². The molecule has 0 amide bonds. The molecule has 1 saturated heterocycles. The number of alkyl halides is 1. The third-order valence-corrected chi connectivity index (χ3v) is 3.93. The summed E-state index contributed by atoms with van der Waals surface area (Å²) >= 11 is 12.4. The molecule has 1 aliphatic heterocycles. The van der Waals surface area contributed by atoms with E-state index in [1.807, 2.05) is 39.8 Å². The van der Waals surface area contributed by atoms with Gasteiger partial charge in [0.1, 0.15) is 0 Å². The lowest BCUT2D eigenvalue weighted by Crippen LogP contribution is -2.47. The van der Waals surface area contributed by atoms with Crippen molar-refractivity contribution in [3.8, 4) is 0 Å². The lowest BCUT2D eigenvalue weighted by Gasteiger charge is -2.37. The fourth-order valence-electron chi connectivity index (χ4n) is 2.09. The maximum absolute atomic E-state index is 6.31. The highest BCUT2D eigenvalue weighted by molar-refractivity contribution is 6.37. The van der Waals surface area contributed by atoms with Crippen molar-refractivity contribution < 1.29 is 0 Å². The van der Waals surface area contributed by atoms with Gasteiger partial charge in [0.2, 0.25) is 0 Å². The van der Waals surface area contributed by atoms with Gasteiger partial charge in [0.15, 0.2) is 0 Å². The number of hydrogen-bond donors (Lipinski definition) is 1. The number of allylic oxidation sites excluding steroid dienone is 3. The van der Waals surface area contributed by atoms with Crippen molar-refractivity contribution in [1.82, 2.24) is 9.80 Å². The van der Waals surface area contributed by atoms with Gasteiger partial charge in [0.05, 0.1) is 16.1 Å². The molecule has 0 aromatic rings. The molecule has 0 aromatic heterocycles. The molecule has 1 heterocycles. The van der Waals surface area contributed by atoms with Gasteiger partial charge in [-0.25, -0.2) is 0 Å². The molecule has 1 unspecified atom stereocenters. The quantitative estimate of drug-likeness (QED) is 0.623. The molecule has 1 atom stereocenters. The fraction of sp³-hybridized carbons (Fsp3) is 0.733. The molecule has 1 fully saturated rings. The van der Waals surface area contributed by atoms with Gasteiger partial charge in [-0.05, 0) is 19.9 Å². The summed E-state index contributed by atoms with van der Waals surface area (Å²) in [5, 5.41) is 0.571. The molecule has 0 aliphatic carbocycles. The smallest absolute Gasteiger partial charge is 0.0685 e. The number of nitrogens with two attached hydrogens (primary N) is 1. The van der Waals surface area contributed by atoms with Crippen LogP contribution < -0.4 is 5.73 Å². The van der Waals surface area contributed by atoms with Crippen LogP contribution in [0.4, 0.5) is 0 Å². The molecule has 20 heavy (non-hydrogen) atoms. The van der Waals surface area contributed by atoms with Gasteiger partial charge >= 0.3 is 0 Å². The van der Waals surface area contributed by atoms with E-state index >= 15 is 0 Å². The van der Waals surface area contributed by atoms with Crippen LogP contribution in [-0.4, -0.2) is 54.4 Å². The van der Waals surface area contributed by atoms with Gasteiger partial charge in [0.25, 0.3) is 0 Å². The summed E-state index contributed by atoms with van der Waals surface area (Å²) in [6.07, 6.45) is 4.04. The highest BCUT2D eigenvalue weighted by Crippen LogP contribution is 2.23. The van der Waals surface area contributed by atoms with Crippen molar-refractivity contribution in [3.05, 3.63) is 22.9 Å². The summed E-state index contributed by atoms with van der Waals surface area (Å²) in [4.78, 5) is 4.68. The predicted octanol–water partition coefficient (Wildman–Crippen LogP) is 3.24. The van der Waals surface area contributed by atoms with E-state index in [2.05, 4.69) is 9.80 Å². The van der Waals surface area contributed by atoms with E-state index in [0.29, 0.717) is 0 Å². The number of halogens is 2. The first-order valence-electron chi connectivity index (χ1n) is 7.44. The van der Waals surface area contributed by atoms with Crippen LogP contribution in [-0.2, 0) is 0 Å². The summed E-state index contributed by atoms with van der Waals surface area (Å²) < 4.78 is 0. The Morgan fingerprint density at radius 3 is 2.20 bits per heavy atom. The Morgan fingerprint density at radius 2 is 1.80 bits per heavy atom. The van der Waals surface area contributed by atoms with Crippen LogP contribution in [0, 0.1) is 0 Å². The average molecular weight is 322 g/mol. The number of piperazine rings is 1. The second-order valence-electron chi connectivity index (χ2n) is 4.47. The van der Waals surface area contributed by atoms with Crippen LogP contribution in [0.3, 0.4) is 0 Å². The second kappa shape index (κ2) is 11.4. The molecule has 118 valence electrons. The zero-order valence-electron chi connectivity index (χ0n) is 13.2. The van der Waals surface area contributed by atoms with E-state index < -0.39 is 0 Å². The second-order valence-corrected chi connectivity index (χ2v) is 5.53. The molecule has 0 saturated carbocycles. The van der Waals surface area contributed by atoms with Crippen molar-refractivity contribution in [2.45, 2.75) is 33.1 Å². The Hall–Kier alpha value is -0.220. The van der Waals surface area contributed by atoms with Gasteiger partial charge in [-0.2, -0.15) is 0 Å². The Balaban J connectivity index is 0.00000172. The Kier molecular flexibility index (Phi) is 11.3. The van der Waals surface area contributed by atoms with Crippen LogP contribution in [0.1, 0.15) is 27.7 Å². The van der Waals surface area contributed by atoms with Crippen molar-refractivity contribution >= 4 is 23.2 Å². The summed E-state index contributed by atoms with van der Waals surface area (Å²) in [5.74, 6) is 0. The molecule has 0 bridgehead atoms. The van der Waals surface area contributed by atoms with E-state index in [1.54, 1.807) is 0 Å². The highest BCUT2D eigenvalue weighted by atomic mass is 35.5. The van der Waals surface area contributed by atoms with Crippen LogP contribution in [0.15, 0.2) is 22.9 Å². The molecule has 0 radical (unpaired) electrons. The molecular weight excluding hydrogens is 293 g/mol. The van der Waals surface area contributed by atoms with Gasteiger partial charge in [-0.15, -0.1) is 11.6 Å². The molecule has 2 N–H and O–H groups in total. The monoisotopic (exact) mass is 321 g/mol. The van der Waals surface area contributed by atoms with Gasteiger partial charge in [-0.1, -0.05) is 31.5 Å². The molecule has 3 nitrogen and oxygen atoms in total. The summed E-state index contributed by atoms with van der Waals surface area (Å²) in [7, 11) is 0. The maximum Gasteiger partial charge on any atom is 0.0685 e. The standard InChI is InChI=1S/C13H23Cl2N3.C2H6/c1-3-4-12(13(15)11(2)14)18-9-7-17(6-5-16)8-10-18;1-2/h3-4,11H,5-10,16H2,1-2H3;1-2H3/b4-3-,13-12-;. The maximum atomic E-state index is 6.31. The minimum absolute atomic E-state index is 0.153. The lowest BCUT2D eigenvalue weighted by molar-refractivity contribution is 0.165. The average Bonchev–Trinajstić information content (AvgIpc) is 2.47. The Labute approximate surface area is 134 Å². The molecule has 1 rings (SSSR count). The minimum atomic E-state index is -0.153. The highest BCUT2D eigenvalue weighted by Gasteiger charge is 2.20. The van der Waals surface area contributed by atoms with Crippen molar-refractivity contribution in [2.75, 3.05) is 39.3 Å². The normalized spacial score (nSPS) is 19.4. The minimum Gasteiger partial charge on any atom is -0.368 e. The lowest BCUT2D eigenvalue weighted by atomic mass is 10.2. The van der Waals surface area contributed by atoms with E-state index in [-0.39, 0.29) is 5.38 Å². The van der Waals surface area contributed by atoms with Crippen molar-refractivity contribution in [3.63, 3.8) is 0 Å². The molecule has 5 heteroatoms. The number of hydrogen-bond acceptors (Lipinski definition) is 3. The zero-order valence-corrected chi connectivity index (χ0v) is 14.7. The largest absolute Gasteiger partial charge is 0.368 e. The summed E-state index contributed by atoms with van der Waals surface area (Å²) in [6, 6.07) is 0. The van der Waals surface area contributed by atoms with Crippen LogP contribution in [0.5, 0.6) is 0 Å². The summed E-state index contributed by atoms with van der Waals surface area (Å²) in [5.41, 5.74) is 6.63.